The second kappa shape index (κ2) is 5.24. The Bertz CT molecular complexity index is 687. The molecule has 0 saturated carbocycles. The summed E-state index contributed by atoms with van der Waals surface area (Å²) in [5.74, 6) is 0.796. The molecule has 0 aliphatic heterocycles. The van der Waals surface area contributed by atoms with Crippen LogP contribution in [-0.2, 0) is 5.54 Å². The molecule has 0 aliphatic rings. The van der Waals surface area contributed by atoms with E-state index in [4.69, 9.17) is 4.74 Å². The molecule has 1 aromatic heterocycles. The highest BCUT2D eigenvalue weighted by atomic mass is 16.5. The van der Waals surface area contributed by atoms with Crippen LogP contribution < -0.4 is 10.4 Å². The van der Waals surface area contributed by atoms with Crippen molar-refractivity contribution >= 4 is 11.0 Å². The summed E-state index contributed by atoms with van der Waals surface area (Å²) in [6.07, 6.45) is 0.908. The van der Waals surface area contributed by atoms with E-state index >= 15 is 0 Å². The van der Waals surface area contributed by atoms with E-state index < -0.39 is 0 Å². The minimum atomic E-state index is -0.265. The third-order valence-corrected chi connectivity index (χ3v) is 3.53. The topological polar surface area (TPSA) is 47.0 Å². The second-order valence-electron chi connectivity index (χ2n) is 7.43. The number of nitrogens with zero attached hydrogens (tertiary/aromatic N) is 1. The molecule has 0 spiro atoms. The highest BCUT2D eigenvalue weighted by Crippen LogP contribution is 2.33. The van der Waals surface area contributed by atoms with Gasteiger partial charge in [0.2, 0.25) is 0 Å². The molecule has 116 valence electrons. The number of hydrogen-bond donors (Lipinski definition) is 1. The average molecular weight is 290 g/mol. The molecular weight excluding hydrogens is 264 g/mol. The largest absolute Gasteiger partial charge is 0.494 e. The van der Waals surface area contributed by atoms with E-state index in [0.29, 0.717) is 6.61 Å². The fourth-order valence-electron chi connectivity index (χ4n) is 3.32. The van der Waals surface area contributed by atoms with Crippen molar-refractivity contribution in [1.82, 2.24) is 9.55 Å². The number of aromatic amines is 1. The number of ether oxygens (including phenoxy) is 1. The van der Waals surface area contributed by atoms with Gasteiger partial charge in [0, 0.05) is 11.6 Å². The zero-order valence-electron chi connectivity index (χ0n) is 13.9. The van der Waals surface area contributed by atoms with Crippen molar-refractivity contribution in [2.75, 3.05) is 6.61 Å². The SMILES string of the molecule is CCOc1ccc2[nH]c(=O)n(C(C)(C)CC(C)(C)C)c2c1. The van der Waals surface area contributed by atoms with E-state index in [0.717, 1.165) is 23.2 Å². The Balaban J connectivity index is 2.59. The lowest BCUT2D eigenvalue weighted by Crippen LogP contribution is -2.37. The summed E-state index contributed by atoms with van der Waals surface area (Å²) in [5.41, 5.74) is 1.57. The van der Waals surface area contributed by atoms with Crippen molar-refractivity contribution in [1.29, 1.82) is 0 Å². The maximum Gasteiger partial charge on any atom is 0.326 e. The Labute approximate surface area is 126 Å². The van der Waals surface area contributed by atoms with Gasteiger partial charge in [-0.2, -0.15) is 0 Å². The first-order valence-electron chi connectivity index (χ1n) is 7.52. The molecule has 0 radical (unpaired) electrons. The summed E-state index contributed by atoms with van der Waals surface area (Å²) in [4.78, 5) is 15.3. The zero-order chi connectivity index (χ0) is 15.8. The third kappa shape index (κ3) is 3.31. The van der Waals surface area contributed by atoms with Gasteiger partial charge in [0.25, 0.3) is 0 Å². The second-order valence-corrected chi connectivity index (χ2v) is 7.43. The third-order valence-electron chi connectivity index (χ3n) is 3.53. The van der Waals surface area contributed by atoms with Crippen LogP contribution in [0.25, 0.3) is 11.0 Å². The number of rotatable bonds is 4. The lowest BCUT2D eigenvalue weighted by Gasteiger charge is -2.33. The highest BCUT2D eigenvalue weighted by molar-refractivity contribution is 5.77. The van der Waals surface area contributed by atoms with Crippen LogP contribution in [0.15, 0.2) is 23.0 Å². The lowest BCUT2D eigenvalue weighted by molar-refractivity contribution is 0.215. The summed E-state index contributed by atoms with van der Waals surface area (Å²) >= 11 is 0. The van der Waals surface area contributed by atoms with E-state index in [1.165, 1.54) is 0 Å². The molecule has 0 amide bonds. The smallest absolute Gasteiger partial charge is 0.326 e. The molecule has 4 nitrogen and oxygen atoms in total. The monoisotopic (exact) mass is 290 g/mol. The summed E-state index contributed by atoms with van der Waals surface area (Å²) in [7, 11) is 0. The molecule has 2 aromatic rings. The van der Waals surface area contributed by atoms with Crippen molar-refractivity contribution in [2.24, 2.45) is 5.41 Å². The van der Waals surface area contributed by atoms with Crippen LogP contribution in [0, 0.1) is 5.41 Å². The maximum absolute atomic E-state index is 12.4. The van der Waals surface area contributed by atoms with Gasteiger partial charge in [0.1, 0.15) is 5.75 Å². The Kier molecular flexibility index (Phi) is 3.91. The number of imidazole rings is 1. The molecule has 21 heavy (non-hydrogen) atoms. The molecule has 0 atom stereocenters. The Hall–Kier alpha value is -1.71. The van der Waals surface area contributed by atoms with Gasteiger partial charge in [0.15, 0.2) is 0 Å². The molecule has 0 saturated heterocycles. The summed E-state index contributed by atoms with van der Waals surface area (Å²) < 4.78 is 7.42. The van der Waals surface area contributed by atoms with Crippen molar-refractivity contribution in [3.05, 3.63) is 28.7 Å². The van der Waals surface area contributed by atoms with Gasteiger partial charge < -0.3 is 9.72 Å². The fourth-order valence-corrected chi connectivity index (χ4v) is 3.32. The predicted octanol–water partition coefficient (Wildman–Crippen LogP) is 3.90. The van der Waals surface area contributed by atoms with Crippen molar-refractivity contribution in [3.8, 4) is 5.75 Å². The van der Waals surface area contributed by atoms with Crippen LogP contribution in [0.2, 0.25) is 0 Å². The molecule has 0 bridgehead atoms. The number of H-pyrrole nitrogens is 1. The highest BCUT2D eigenvalue weighted by Gasteiger charge is 2.30. The molecule has 1 heterocycles. The van der Waals surface area contributed by atoms with Gasteiger partial charge in [-0.15, -0.1) is 0 Å². The Morgan fingerprint density at radius 2 is 1.86 bits per heavy atom. The normalized spacial score (nSPS) is 12.9. The van der Waals surface area contributed by atoms with Crippen LogP contribution in [0.3, 0.4) is 0 Å². The molecule has 1 aromatic carbocycles. The van der Waals surface area contributed by atoms with Gasteiger partial charge in [-0.05, 0) is 44.7 Å². The molecule has 2 rings (SSSR count). The molecule has 0 fully saturated rings. The van der Waals surface area contributed by atoms with Gasteiger partial charge in [-0.25, -0.2) is 4.79 Å². The van der Waals surface area contributed by atoms with Crippen molar-refractivity contribution in [3.63, 3.8) is 0 Å². The first-order valence-corrected chi connectivity index (χ1v) is 7.52. The van der Waals surface area contributed by atoms with Crippen LogP contribution in [0.1, 0.15) is 48.0 Å². The first kappa shape index (κ1) is 15.7. The molecule has 4 heteroatoms. The molecular formula is C17H26N2O2. The molecule has 0 unspecified atom stereocenters. The average Bonchev–Trinajstić information content (AvgIpc) is 2.62. The van der Waals surface area contributed by atoms with E-state index in [9.17, 15) is 4.79 Å². The van der Waals surface area contributed by atoms with Crippen molar-refractivity contribution in [2.45, 2.75) is 53.5 Å². The number of benzene rings is 1. The minimum absolute atomic E-state index is 0.0621. The fraction of sp³-hybridized carbons (Fsp3) is 0.588. The molecule has 1 N–H and O–H groups in total. The quantitative estimate of drug-likeness (QED) is 0.928. The lowest BCUT2D eigenvalue weighted by atomic mass is 9.81. The standard InChI is InChI=1S/C17H26N2O2/c1-7-21-12-8-9-13-14(10-12)19(15(20)18-13)17(5,6)11-16(2,3)4/h8-10H,7,11H2,1-6H3,(H,18,20). The van der Waals surface area contributed by atoms with Gasteiger partial charge in [-0.1, -0.05) is 20.8 Å². The summed E-state index contributed by atoms with van der Waals surface area (Å²) in [6.45, 7) is 13.4. The predicted molar refractivity (Wildman–Crippen MR) is 87.1 cm³/mol. The Morgan fingerprint density at radius 3 is 2.43 bits per heavy atom. The Morgan fingerprint density at radius 1 is 1.19 bits per heavy atom. The van der Waals surface area contributed by atoms with Gasteiger partial charge >= 0.3 is 5.69 Å². The first-order chi connectivity index (χ1) is 9.64. The van der Waals surface area contributed by atoms with Gasteiger partial charge in [-0.3, -0.25) is 4.57 Å². The van der Waals surface area contributed by atoms with Crippen LogP contribution in [0.4, 0.5) is 0 Å². The van der Waals surface area contributed by atoms with E-state index in [1.54, 1.807) is 0 Å². The molecule has 0 aliphatic carbocycles. The minimum Gasteiger partial charge on any atom is -0.494 e. The van der Waals surface area contributed by atoms with E-state index in [-0.39, 0.29) is 16.6 Å². The van der Waals surface area contributed by atoms with Gasteiger partial charge in [0.05, 0.1) is 17.6 Å². The van der Waals surface area contributed by atoms with Crippen LogP contribution >= 0.6 is 0 Å². The van der Waals surface area contributed by atoms with Crippen molar-refractivity contribution < 1.29 is 4.74 Å². The summed E-state index contributed by atoms with van der Waals surface area (Å²) in [5, 5.41) is 0. The number of hydrogen-bond acceptors (Lipinski definition) is 2. The van der Waals surface area contributed by atoms with Crippen LogP contribution in [0.5, 0.6) is 5.75 Å². The number of fused-ring (bicyclic) bond motifs is 1. The maximum atomic E-state index is 12.4. The van der Waals surface area contributed by atoms with E-state index in [1.807, 2.05) is 29.7 Å². The number of nitrogens with one attached hydrogen (secondary N) is 1. The number of aromatic nitrogens is 2. The van der Waals surface area contributed by atoms with E-state index in [2.05, 4.69) is 39.6 Å². The zero-order valence-corrected chi connectivity index (χ0v) is 13.9. The van der Waals surface area contributed by atoms with Crippen LogP contribution in [-0.4, -0.2) is 16.2 Å². The summed E-state index contributed by atoms with van der Waals surface area (Å²) in [6, 6.07) is 5.75.